The summed E-state index contributed by atoms with van der Waals surface area (Å²) < 4.78 is 0. The zero-order valence-corrected chi connectivity index (χ0v) is 9.00. The van der Waals surface area contributed by atoms with Gasteiger partial charge in [-0.05, 0) is 24.7 Å². The Morgan fingerprint density at radius 1 is 1.45 bits per heavy atom. The SMILES string of the molecule is C=CC1CCC(C[SiH](C)C)C1. The zero-order valence-electron chi connectivity index (χ0n) is 7.84. The molecule has 0 aromatic heterocycles. The maximum absolute atomic E-state index is 3.87. The average Bonchev–Trinajstić information content (AvgIpc) is 2.34. The predicted molar refractivity (Wildman–Crippen MR) is 54.7 cm³/mol. The molecule has 0 nitrogen and oxygen atoms in total. The molecule has 0 spiro atoms. The highest BCUT2D eigenvalue weighted by Crippen LogP contribution is 2.34. The van der Waals surface area contributed by atoms with E-state index in [4.69, 9.17) is 0 Å². The number of hydrogen-bond acceptors (Lipinski definition) is 0. The highest BCUT2D eigenvalue weighted by Gasteiger charge is 2.22. The van der Waals surface area contributed by atoms with Crippen molar-refractivity contribution in [1.29, 1.82) is 0 Å². The maximum Gasteiger partial charge on any atom is 0.0308 e. The van der Waals surface area contributed by atoms with Gasteiger partial charge in [0.2, 0.25) is 0 Å². The lowest BCUT2D eigenvalue weighted by atomic mass is 10.1. The highest BCUT2D eigenvalue weighted by atomic mass is 28.3. The van der Waals surface area contributed by atoms with Gasteiger partial charge >= 0.3 is 0 Å². The van der Waals surface area contributed by atoms with E-state index in [0.29, 0.717) is 0 Å². The van der Waals surface area contributed by atoms with Crippen molar-refractivity contribution in [3.8, 4) is 0 Å². The van der Waals surface area contributed by atoms with Crippen molar-refractivity contribution in [1.82, 2.24) is 0 Å². The van der Waals surface area contributed by atoms with E-state index in [1.54, 1.807) is 6.04 Å². The molecule has 2 unspecified atom stereocenters. The summed E-state index contributed by atoms with van der Waals surface area (Å²) in [6.45, 7) is 8.79. The van der Waals surface area contributed by atoms with E-state index in [0.717, 1.165) is 11.8 Å². The van der Waals surface area contributed by atoms with Gasteiger partial charge in [0, 0.05) is 8.80 Å². The molecule has 0 radical (unpaired) electrons. The molecule has 0 N–H and O–H groups in total. The van der Waals surface area contributed by atoms with Gasteiger partial charge in [-0.1, -0.05) is 31.6 Å². The lowest BCUT2D eigenvalue weighted by Gasteiger charge is -2.10. The van der Waals surface area contributed by atoms with Gasteiger partial charge in [0.15, 0.2) is 0 Å². The van der Waals surface area contributed by atoms with Gasteiger partial charge in [-0.15, -0.1) is 6.58 Å². The molecule has 0 bridgehead atoms. The van der Waals surface area contributed by atoms with Crippen LogP contribution in [0, 0.1) is 11.8 Å². The van der Waals surface area contributed by atoms with Crippen LogP contribution in [0.4, 0.5) is 0 Å². The quantitative estimate of drug-likeness (QED) is 0.449. The van der Waals surface area contributed by atoms with Crippen LogP contribution in [-0.4, -0.2) is 8.80 Å². The second-order valence-electron chi connectivity index (χ2n) is 4.30. The van der Waals surface area contributed by atoms with E-state index in [1.807, 2.05) is 0 Å². The Hall–Kier alpha value is -0.0431. The monoisotopic (exact) mass is 168 g/mol. The fourth-order valence-corrected chi connectivity index (χ4v) is 3.97. The minimum Gasteiger partial charge on any atom is -0.103 e. The fraction of sp³-hybridized carbons (Fsp3) is 0.800. The molecule has 0 saturated heterocycles. The fourth-order valence-electron chi connectivity index (χ4n) is 2.21. The van der Waals surface area contributed by atoms with Crippen molar-refractivity contribution in [2.24, 2.45) is 11.8 Å². The van der Waals surface area contributed by atoms with E-state index < -0.39 is 0 Å². The molecule has 1 aliphatic carbocycles. The first-order valence-corrected chi connectivity index (χ1v) is 7.97. The third-order valence-corrected chi connectivity index (χ3v) is 4.33. The smallest absolute Gasteiger partial charge is 0.0308 e. The Morgan fingerprint density at radius 2 is 2.18 bits per heavy atom. The summed E-state index contributed by atoms with van der Waals surface area (Å²) in [5.74, 6) is 1.91. The van der Waals surface area contributed by atoms with Gasteiger partial charge in [0.1, 0.15) is 0 Å². The molecule has 0 amide bonds. The van der Waals surface area contributed by atoms with Crippen molar-refractivity contribution in [3.05, 3.63) is 12.7 Å². The van der Waals surface area contributed by atoms with Crippen LogP contribution in [-0.2, 0) is 0 Å². The Labute approximate surface area is 72.3 Å². The van der Waals surface area contributed by atoms with Crippen molar-refractivity contribution in [3.63, 3.8) is 0 Å². The summed E-state index contributed by atoms with van der Waals surface area (Å²) in [5.41, 5.74) is 0. The summed E-state index contributed by atoms with van der Waals surface area (Å²) in [6.07, 6.45) is 6.48. The third kappa shape index (κ3) is 2.82. The van der Waals surface area contributed by atoms with Gasteiger partial charge in [-0.2, -0.15) is 0 Å². The summed E-state index contributed by atoms with van der Waals surface area (Å²) in [4.78, 5) is 0. The molecule has 2 atom stereocenters. The van der Waals surface area contributed by atoms with E-state index in [9.17, 15) is 0 Å². The van der Waals surface area contributed by atoms with Gasteiger partial charge in [0.25, 0.3) is 0 Å². The topological polar surface area (TPSA) is 0 Å². The van der Waals surface area contributed by atoms with Crippen molar-refractivity contribution in [2.75, 3.05) is 0 Å². The Kier molecular flexibility index (Phi) is 3.37. The van der Waals surface area contributed by atoms with E-state index in [1.165, 1.54) is 19.3 Å². The summed E-state index contributed by atoms with van der Waals surface area (Å²) >= 11 is 0. The molecule has 0 heterocycles. The van der Waals surface area contributed by atoms with E-state index >= 15 is 0 Å². The summed E-state index contributed by atoms with van der Waals surface area (Å²) in [7, 11) is -0.296. The molecule has 1 fully saturated rings. The molecule has 0 aromatic rings. The molecule has 1 aliphatic rings. The van der Waals surface area contributed by atoms with Gasteiger partial charge in [-0.3, -0.25) is 0 Å². The van der Waals surface area contributed by atoms with E-state index in [2.05, 4.69) is 25.7 Å². The molecular formula is C10H20Si. The Balaban J connectivity index is 2.24. The molecule has 1 heteroatoms. The average molecular weight is 168 g/mol. The Bertz CT molecular complexity index is 129. The molecule has 11 heavy (non-hydrogen) atoms. The first-order chi connectivity index (χ1) is 5.22. The van der Waals surface area contributed by atoms with Crippen LogP contribution >= 0.6 is 0 Å². The molecule has 1 saturated carbocycles. The van der Waals surface area contributed by atoms with Crippen LogP contribution in [0.3, 0.4) is 0 Å². The van der Waals surface area contributed by atoms with Crippen LogP contribution < -0.4 is 0 Å². The summed E-state index contributed by atoms with van der Waals surface area (Å²) in [5, 5.41) is 0. The van der Waals surface area contributed by atoms with Crippen LogP contribution in [0.15, 0.2) is 12.7 Å². The lowest BCUT2D eigenvalue weighted by molar-refractivity contribution is 0.581. The molecule has 64 valence electrons. The Morgan fingerprint density at radius 3 is 2.64 bits per heavy atom. The van der Waals surface area contributed by atoms with Gasteiger partial charge < -0.3 is 0 Å². The minimum absolute atomic E-state index is 0.296. The number of allylic oxidation sites excluding steroid dienone is 1. The second kappa shape index (κ2) is 4.10. The number of rotatable bonds is 3. The van der Waals surface area contributed by atoms with Crippen molar-refractivity contribution < 1.29 is 0 Å². The highest BCUT2D eigenvalue weighted by molar-refractivity contribution is 6.55. The standard InChI is InChI=1S/C10H20Si/c1-4-9-5-6-10(7-9)8-11(2)3/h4,9-11H,1,5-8H2,2-3H3. The first-order valence-electron chi connectivity index (χ1n) is 4.85. The minimum atomic E-state index is -0.296. The van der Waals surface area contributed by atoms with Gasteiger partial charge in [0.05, 0.1) is 0 Å². The van der Waals surface area contributed by atoms with Crippen molar-refractivity contribution in [2.45, 2.75) is 38.4 Å². The molecule has 0 aromatic carbocycles. The van der Waals surface area contributed by atoms with Crippen LogP contribution in [0.1, 0.15) is 19.3 Å². The number of hydrogen-bond donors (Lipinski definition) is 0. The first kappa shape index (κ1) is 9.05. The largest absolute Gasteiger partial charge is 0.103 e. The third-order valence-electron chi connectivity index (χ3n) is 2.72. The normalized spacial score (nSPS) is 31.2. The molecule has 1 rings (SSSR count). The van der Waals surface area contributed by atoms with E-state index in [-0.39, 0.29) is 8.80 Å². The second-order valence-corrected chi connectivity index (χ2v) is 7.56. The van der Waals surface area contributed by atoms with Gasteiger partial charge in [-0.25, -0.2) is 0 Å². The van der Waals surface area contributed by atoms with Crippen LogP contribution in [0.25, 0.3) is 0 Å². The molecular weight excluding hydrogens is 148 g/mol. The maximum atomic E-state index is 3.87. The van der Waals surface area contributed by atoms with Crippen molar-refractivity contribution >= 4 is 8.80 Å². The van der Waals surface area contributed by atoms with Crippen LogP contribution in [0.2, 0.25) is 19.1 Å². The van der Waals surface area contributed by atoms with Crippen LogP contribution in [0.5, 0.6) is 0 Å². The zero-order chi connectivity index (χ0) is 8.27. The molecule has 0 aliphatic heterocycles. The lowest BCUT2D eigenvalue weighted by Crippen LogP contribution is -2.06. The predicted octanol–water partition coefficient (Wildman–Crippen LogP) is 3.08. The summed E-state index contributed by atoms with van der Waals surface area (Å²) in [6, 6.07) is 1.56.